The molecule has 2 N–H and O–H groups in total. The molecule has 0 heterocycles. The monoisotopic (exact) mass is 287 g/mol. The molecular formula is C17H21NOS. The van der Waals surface area contributed by atoms with E-state index >= 15 is 0 Å². The van der Waals surface area contributed by atoms with Crippen LogP contribution in [0.4, 0.5) is 0 Å². The Bertz CT molecular complexity index is 498. The van der Waals surface area contributed by atoms with E-state index in [4.69, 9.17) is 10.5 Å². The predicted molar refractivity (Wildman–Crippen MR) is 86.3 cm³/mol. The van der Waals surface area contributed by atoms with Crippen molar-refractivity contribution in [2.75, 3.05) is 12.4 Å². The SMILES string of the molecule is CC[C@H](N)c1ccc(OCCSc2ccccc2)cc1. The van der Waals surface area contributed by atoms with E-state index in [0.29, 0.717) is 6.61 Å². The molecule has 0 aromatic heterocycles. The summed E-state index contributed by atoms with van der Waals surface area (Å²) in [4.78, 5) is 1.28. The molecule has 20 heavy (non-hydrogen) atoms. The van der Waals surface area contributed by atoms with Gasteiger partial charge < -0.3 is 10.5 Å². The van der Waals surface area contributed by atoms with Crippen LogP contribution in [0.5, 0.6) is 5.75 Å². The van der Waals surface area contributed by atoms with Crippen LogP contribution in [-0.4, -0.2) is 12.4 Å². The molecule has 0 aliphatic heterocycles. The Kier molecular flexibility index (Phi) is 5.96. The lowest BCUT2D eigenvalue weighted by atomic mass is 10.1. The van der Waals surface area contributed by atoms with Gasteiger partial charge in [0, 0.05) is 16.7 Å². The first-order valence-electron chi connectivity index (χ1n) is 6.96. The van der Waals surface area contributed by atoms with E-state index in [1.807, 2.05) is 30.3 Å². The van der Waals surface area contributed by atoms with Crippen LogP contribution in [0.25, 0.3) is 0 Å². The van der Waals surface area contributed by atoms with Gasteiger partial charge in [0.25, 0.3) is 0 Å². The lowest BCUT2D eigenvalue weighted by molar-refractivity contribution is 0.344. The van der Waals surface area contributed by atoms with E-state index in [1.165, 1.54) is 10.5 Å². The first kappa shape index (κ1) is 14.9. The number of rotatable bonds is 7. The summed E-state index contributed by atoms with van der Waals surface area (Å²) in [6.45, 7) is 2.80. The lowest BCUT2D eigenvalue weighted by Crippen LogP contribution is -2.08. The highest BCUT2D eigenvalue weighted by Gasteiger charge is 2.03. The van der Waals surface area contributed by atoms with Crippen molar-refractivity contribution in [2.24, 2.45) is 5.73 Å². The van der Waals surface area contributed by atoms with Crippen molar-refractivity contribution in [2.45, 2.75) is 24.3 Å². The van der Waals surface area contributed by atoms with E-state index in [-0.39, 0.29) is 6.04 Å². The zero-order valence-corrected chi connectivity index (χ0v) is 12.6. The molecule has 0 saturated heterocycles. The third-order valence-electron chi connectivity index (χ3n) is 3.11. The average molecular weight is 287 g/mol. The van der Waals surface area contributed by atoms with Crippen molar-refractivity contribution in [3.05, 3.63) is 60.2 Å². The summed E-state index contributed by atoms with van der Waals surface area (Å²) in [5.74, 6) is 1.85. The fourth-order valence-electron chi connectivity index (χ4n) is 1.88. The molecule has 2 rings (SSSR count). The Morgan fingerprint density at radius 1 is 1.05 bits per heavy atom. The Balaban J connectivity index is 1.74. The molecule has 2 aromatic carbocycles. The minimum absolute atomic E-state index is 0.123. The second-order valence-electron chi connectivity index (χ2n) is 4.59. The van der Waals surface area contributed by atoms with Crippen LogP contribution in [0.15, 0.2) is 59.5 Å². The second-order valence-corrected chi connectivity index (χ2v) is 5.76. The molecule has 0 aliphatic carbocycles. The van der Waals surface area contributed by atoms with Crippen LogP contribution in [0.1, 0.15) is 24.9 Å². The Hall–Kier alpha value is -1.45. The molecule has 0 spiro atoms. The molecular weight excluding hydrogens is 266 g/mol. The molecule has 0 bridgehead atoms. The minimum atomic E-state index is 0.123. The highest BCUT2D eigenvalue weighted by molar-refractivity contribution is 7.99. The van der Waals surface area contributed by atoms with Crippen LogP contribution < -0.4 is 10.5 Å². The van der Waals surface area contributed by atoms with Crippen molar-refractivity contribution in [1.29, 1.82) is 0 Å². The topological polar surface area (TPSA) is 35.2 Å². The fourth-order valence-corrected chi connectivity index (χ4v) is 2.63. The maximum absolute atomic E-state index is 5.99. The van der Waals surface area contributed by atoms with Crippen LogP contribution in [0.2, 0.25) is 0 Å². The van der Waals surface area contributed by atoms with E-state index in [0.717, 1.165) is 17.9 Å². The maximum Gasteiger partial charge on any atom is 0.119 e. The number of hydrogen-bond acceptors (Lipinski definition) is 3. The van der Waals surface area contributed by atoms with Crippen molar-refractivity contribution in [3.8, 4) is 5.75 Å². The summed E-state index contributed by atoms with van der Waals surface area (Å²) in [5, 5.41) is 0. The lowest BCUT2D eigenvalue weighted by Gasteiger charge is -2.10. The standard InChI is InChI=1S/C17H21NOS/c1-2-17(18)14-8-10-15(11-9-14)19-12-13-20-16-6-4-3-5-7-16/h3-11,17H,2,12-13,18H2,1H3/t17-/m0/s1. The van der Waals surface area contributed by atoms with Gasteiger partial charge in [-0.2, -0.15) is 0 Å². The van der Waals surface area contributed by atoms with Crippen LogP contribution in [0.3, 0.4) is 0 Å². The van der Waals surface area contributed by atoms with Gasteiger partial charge in [-0.15, -0.1) is 11.8 Å². The van der Waals surface area contributed by atoms with E-state index in [9.17, 15) is 0 Å². The minimum Gasteiger partial charge on any atom is -0.493 e. The third-order valence-corrected chi connectivity index (χ3v) is 4.09. The molecule has 0 amide bonds. The number of ether oxygens (including phenoxy) is 1. The molecule has 3 heteroatoms. The number of nitrogens with two attached hydrogens (primary N) is 1. The van der Waals surface area contributed by atoms with E-state index in [2.05, 4.69) is 31.2 Å². The highest BCUT2D eigenvalue weighted by Crippen LogP contribution is 2.20. The van der Waals surface area contributed by atoms with Crippen molar-refractivity contribution in [1.82, 2.24) is 0 Å². The van der Waals surface area contributed by atoms with Gasteiger partial charge in [0.05, 0.1) is 6.61 Å². The Morgan fingerprint density at radius 3 is 2.40 bits per heavy atom. The smallest absolute Gasteiger partial charge is 0.119 e. The van der Waals surface area contributed by atoms with Gasteiger partial charge in [-0.25, -0.2) is 0 Å². The van der Waals surface area contributed by atoms with E-state index in [1.54, 1.807) is 11.8 Å². The Labute approximate surface area is 125 Å². The fraction of sp³-hybridized carbons (Fsp3) is 0.294. The molecule has 2 aromatic rings. The zero-order valence-electron chi connectivity index (χ0n) is 11.8. The van der Waals surface area contributed by atoms with Gasteiger partial charge in [0.2, 0.25) is 0 Å². The molecule has 0 unspecified atom stereocenters. The van der Waals surface area contributed by atoms with Gasteiger partial charge in [0.15, 0.2) is 0 Å². The van der Waals surface area contributed by atoms with Gasteiger partial charge >= 0.3 is 0 Å². The van der Waals surface area contributed by atoms with Crippen molar-refractivity contribution < 1.29 is 4.74 Å². The maximum atomic E-state index is 5.99. The van der Waals surface area contributed by atoms with Crippen molar-refractivity contribution in [3.63, 3.8) is 0 Å². The van der Waals surface area contributed by atoms with Gasteiger partial charge in [-0.1, -0.05) is 37.3 Å². The number of benzene rings is 2. The molecule has 106 valence electrons. The first-order valence-corrected chi connectivity index (χ1v) is 7.94. The zero-order chi connectivity index (χ0) is 14.2. The number of hydrogen-bond donors (Lipinski definition) is 1. The second kappa shape index (κ2) is 7.98. The summed E-state index contributed by atoms with van der Waals surface area (Å²) in [6.07, 6.45) is 0.952. The molecule has 0 fully saturated rings. The molecule has 2 nitrogen and oxygen atoms in total. The first-order chi connectivity index (χ1) is 9.79. The number of thioether (sulfide) groups is 1. The van der Waals surface area contributed by atoms with Gasteiger partial charge in [-0.3, -0.25) is 0 Å². The quantitative estimate of drug-likeness (QED) is 0.610. The highest BCUT2D eigenvalue weighted by atomic mass is 32.2. The largest absolute Gasteiger partial charge is 0.493 e. The summed E-state index contributed by atoms with van der Waals surface area (Å²) in [5.41, 5.74) is 7.15. The molecule has 0 aliphatic rings. The normalized spacial score (nSPS) is 12.1. The molecule has 0 saturated carbocycles. The molecule has 1 atom stereocenters. The summed E-state index contributed by atoms with van der Waals surface area (Å²) < 4.78 is 5.73. The third kappa shape index (κ3) is 4.58. The van der Waals surface area contributed by atoms with E-state index < -0.39 is 0 Å². The van der Waals surface area contributed by atoms with Gasteiger partial charge in [-0.05, 0) is 36.2 Å². The van der Waals surface area contributed by atoms with Gasteiger partial charge in [0.1, 0.15) is 5.75 Å². The van der Waals surface area contributed by atoms with Crippen LogP contribution >= 0.6 is 11.8 Å². The summed E-state index contributed by atoms with van der Waals surface area (Å²) in [6, 6.07) is 18.6. The summed E-state index contributed by atoms with van der Waals surface area (Å²) in [7, 11) is 0. The Morgan fingerprint density at radius 2 is 1.75 bits per heavy atom. The van der Waals surface area contributed by atoms with Crippen molar-refractivity contribution >= 4 is 11.8 Å². The predicted octanol–water partition coefficient (Wildman–Crippen LogP) is 4.27. The van der Waals surface area contributed by atoms with Crippen LogP contribution in [0, 0.1) is 0 Å². The average Bonchev–Trinajstić information content (AvgIpc) is 2.52. The molecule has 0 radical (unpaired) electrons. The van der Waals surface area contributed by atoms with Crippen LogP contribution in [-0.2, 0) is 0 Å². The summed E-state index contributed by atoms with van der Waals surface area (Å²) >= 11 is 1.81.